The first kappa shape index (κ1) is 15.8. The Morgan fingerprint density at radius 3 is 2.42 bits per heavy atom. The van der Waals surface area contributed by atoms with E-state index in [9.17, 15) is 22.8 Å². The van der Waals surface area contributed by atoms with Gasteiger partial charge in [-0.3, -0.25) is 10.1 Å². The van der Waals surface area contributed by atoms with Gasteiger partial charge < -0.3 is 5.32 Å². The van der Waals surface area contributed by atoms with Gasteiger partial charge in [-0.1, -0.05) is 15.9 Å². The molecule has 0 aromatic heterocycles. The zero-order chi connectivity index (χ0) is 14.6. The molecule has 0 heterocycles. The number of alkyl halides is 4. The van der Waals surface area contributed by atoms with Crippen LogP contribution in [0, 0.1) is 0 Å². The van der Waals surface area contributed by atoms with Gasteiger partial charge in [-0.15, -0.1) is 11.6 Å². The Bertz CT molecular complexity index is 508. The molecule has 0 atom stereocenters. The maximum atomic E-state index is 12.5. The molecule has 0 aliphatic carbocycles. The van der Waals surface area contributed by atoms with Gasteiger partial charge >= 0.3 is 12.2 Å². The number of anilines is 1. The Hall–Kier alpha value is -1.28. The molecule has 1 aromatic rings. The van der Waals surface area contributed by atoms with Crippen molar-refractivity contribution < 1.29 is 22.8 Å². The van der Waals surface area contributed by atoms with E-state index in [1.165, 1.54) is 6.07 Å². The van der Waals surface area contributed by atoms with Gasteiger partial charge in [0.2, 0.25) is 5.91 Å². The first-order valence-electron chi connectivity index (χ1n) is 4.77. The van der Waals surface area contributed by atoms with E-state index < -0.39 is 29.6 Å². The van der Waals surface area contributed by atoms with Crippen molar-refractivity contribution in [3.8, 4) is 0 Å². The lowest BCUT2D eigenvalue weighted by atomic mass is 10.2. The third kappa shape index (κ3) is 5.07. The first-order valence-corrected chi connectivity index (χ1v) is 6.09. The molecule has 0 saturated carbocycles. The second-order valence-electron chi connectivity index (χ2n) is 3.36. The van der Waals surface area contributed by atoms with Crippen molar-refractivity contribution in [1.29, 1.82) is 0 Å². The number of carbonyl (C=O) groups excluding carboxylic acids is 2. The molecule has 0 aliphatic rings. The Balaban J connectivity index is 2.87. The zero-order valence-electron chi connectivity index (χ0n) is 9.15. The SMILES string of the molecule is O=C(CCl)NC(=O)Nc1cc(Br)cc(C(F)(F)F)c1. The summed E-state index contributed by atoms with van der Waals surface area (Å²) in [5, 5.41) is 3.94. The van der Waals surface area contributed by atoms with Crippen molar-refractivity contribution in [2.24, 2.45) is 0 Å². The van der Waals surface area contributed by atoms with Gasteiger partial charge in [0, 0.05) is 10.2 Å². The number of benzene rings is 1. The average Bonchev–Trinajstić information content (AvgIpc) is 2.26. The summed E-state index contributed by atoms with van der Waals surface area (Å²) in [4.78, 5) is 22.1. The van der Waals surface area contributed by atoms with Crippen LogP contribution in [-0.4, -0.2) is 17.8 Å². The minimum atomic E-state index is -4.54. The van der Waals surface area contributed by atoms with Crippen molar-refractivity contribution in [2.75, 3.05) is 11.2 Å². The van der Waals surface area contributed by atoms with E-state index in [0.29, 0.717) is 0 Å². The van der Waals surface area contributed by atoms with Crippen LogP contribution < -0.4 is 10.6 Å². The Labute approximate surface area is 119 Å². The summed E-state index contributed by atoms with van der Waals surface area (Å²) in [6.45, 7) is 0. The van der Waals surface area contributed by atoms with Gasteiger partial charge in [-0.2, -0.15) is 13.2 Å². The monoisotopic (exact) mass is 358 g/mol. The topological polar surface area (TPSA) is 58.2 Å². The lowest BCUT2D eigenvalue weighted by molar-refractivity contribution is -0.137. The molecule has 1 rings (SSSR count). The molecule has 0 fully saturated rings. The highest BCUT2D eigenvalue weighted by Crippen LogP contribution is 2.33. The summed E-state index contributed by atoms with van der Waals surface area (Å²) in [6.07, 6.45) is -4.54. The van der Waals surface area contributed by atoms with Crippen molar-refractivity contribution in [1.82, 2.24) is 5.32 Å². The molecule has 2 N–H and O–H groups in total. The number of hydrogen-bond acceptors (Lipinski definition) is 2. The maximum absolute atomic E-state index is 12.5. The van der Waals surface area contributed by atoms with E-state index in [-0.39, 0.29) is 10.2 Å². The molecular weight excluding hydrogens is 352 g/mol. The smallest absolute Gasteiger partial charge is 0.308 e. The van der Waals surface area contributed by atoms with Crippen molar-refractivity contribution in [3.05, 3.63) is 28.2 Å². The van der Waals surface area contributed by atoms with Crippen LogP contribution in [0.2, 0.25) is 0 Å². The van der Waals surface area contributed by atoms with Gasteiger partial charge in [-0.05, 0) is 18.2 Å². The van der Waals surface area contributed by atoms with Gasteiger partial charge in [0.1, 0.15) is 5.88 Å². The molecule has 0 radical (unpaired) electrons. The lowest BCUT2D eigenvalue weighted by Crippen LogP contribution is -2.35. The first-order chi connectivity index (χ1) is 8.72. The summed E-state index contributed by atoms with van der Waals surface area (Å²) in [5.41, 5.74) is -1.04. The molecule has 0 unspecified atom stereocenters. The van der Waals surface area contributed by atoms with Crippen molar-refractivity contribution >= 4 is 45.2 Å². The lowest BCUT2D eigenvalue weighted by Gasteiger charge is -2.11. The van der Waals surface area contributed by atoms with E-state index in [2.05, 4.69) is 21.2 Å². The quantitative estimate of drug-likeness (QED) is 0.796. The predicted octanol–water partition coefficient (Wildman–Crippen LogP) is 3.35. The molecule has 3 amide bonds. The number of urea groups is 1. The normalized spacial score (nSPS) is 11.0. The van der Waals surface area contributed by atoms with Gasteiger partial charge in [-0.25, -0.2) is 4.79 Å². The highest BCUT2D eigenvalue weighted by Gasteiger charge is 2.31. The summed E-state index contributed by atoms with van der Waals surface area (Å²) in [5.74, 6) is -1.19. The number of nitrogens with one attached hydrogen (secondary N) is 2. The van der Waals surface area contributed by atoms with E-state index >= 15 is 0 Å². The van der Waals surface area contributed by atoms with Gasteiger partial charge in [0.05, 0.1) is 5.56 Å². The van der Waals surface area contributed by atoms with E-state index in [4.69, 9.17) is 11.6 Å². The van der Waals surface area contributed by atoms with Crippen LogP contribution in [-0.2, 0) is 11.0 Å². The maximum Gasteiger partial charge on any atom is 0.416 e. The molecule has 1 aromatic carbocycles. The number of amides is 3. The standard InChI is InChI=1S/C10H7BrClF3N2O2/c11-6-1-5(10(13,14)15)2-7(3-6)16-9(19)17-8(18)4-12/h1-3H,4H2,(H2,16,17,18,19). The Kier molecular flexibility index (Phi) is 5.19. The second-order valence-corrected chi connectivity index (χ2v) is 4.55. The highest BCUT2D eigenvalue weighted by atomic mass is 79.9. The average molecular weight is 360 g/mol. The molecule has 19 heavy (non-hydrogen) atoms. The number of halogens is 5. The van der Waals surface area contributed by atoms with E-state index in [1.54, 1.807) is 0 Å². The molecule has 0 saturated heterocycles. The fourth-order valence-corrected chi connectivity index (χ4v) is 1.71. The van der Waals surface area contributed by atoms with Crippen LogP contribution in [0.3, 0.4) is 0 Å². The molecule has 9 heteroatoms. The fraction of sp³-hybridized carbons (Fsp3) is 0.200. The van der Waals surface area contributed by atoms with E-state index in [1.807, 2.05) is 5.32 Å². The molecule has 0 bridgehead atoms. The van der Waals surface area contributed by atoms with Crippen molar-refractivity contribution in [3.63, 3.8) is 0 Å². The predicted molar refractivity (Wildman–Crippen MR) is 67.0 cm³/mol. The Morgan fingerprint density at radius 2 is 1.89 bits per heavy atom. The van der Waals surface area contributed by atoms with Crippen LogP contribution >= 0.6 is 27.5 Å². The third-order valence-corrected chi connectivity index (χ3v) is 2.56. The number of rotatable bonds is 2. The number of carbonyl (C=O) groups is 2. The largest absolute Gasteiger partial charge is 0.416 e. The molecule has 4 nitrogen and oxygen atoms in total. The van der Waals surface area contributed by atoms with Crippen LogP contribution in [0.5, 0.6) is 0 Å². The van der Waals surface area contributed by atoms with Crippen molar-refractivity contribution in [2.45, 2.75) is 6.18 Å². The van der Waals surface area contributed by atoms with Crippen LogP contribution in [0.1, 0.15) is 5.56 Å². The summed E-state index contributed by atoms with van der Waals surface area (Å²) < 4.78 is 37.7. The van der Waals surface area contributed by atoms with Gasteiger partial charge in [0.15, 0.2) is 0 Å². The van der Waals surface area contributed by atoms with Crippen LogP contribution in [0.25, 0.3) is 0 Å². The second kappa shape index (κ2) is 6.25. The molecular formula is C10H7BrClF3N2O2. The minimum Gasteiger partial charge on any atom is -0.308 e. The Morgan fingerprint density at radius 1 is 1.26 bits per heavy atom. The molecule has 104 valence electrons. The van der Waals surface area contributed by atoms with Crippen LogP contribution in [0.4, 0.5) is 23.7 Å². The highest BCUT2D eigenvalue weighted by molar-refractivity contribution is 9.10. The molecule has 0 aliphatic heterocycles. The third-order valence-electron chi connectivity index (χ3n) is 1.86. The fourth-order valence-electron chi connectivity index (χ4n) is 1.15. The molecule has 0 spiro atoms. The van der Waals surface area contributed by atoms with Crippen LogP contribution in [0.15, 0.2) is 22.7 Å². The number of imide groups is 1. The minimum absolute atomic E-state index is 0.110. The van der Waals surface area contributed by atoms with E-state index in [0.717, 1.165) is 12.1 Å². The zero-order valence-corrected chi connectivity index (χ0v) is 11.5. The number of hydrogen-bond donors (Lipinski definition) is 2. The van der Waals surface area contributed by atoms with Gasteiger partial charge in [0.25, 0.3) is 0 Å². The summed E-state index contributed by atoms with van der Waals surface area (Å²) >= 11 is 8.06. The summed E-state index contributed by atoms with van der Waals surface area (Å²) in [6, 6.07) is 1.92. The summed E-state index contributed by atoms with van der Waals surface area (Å²) in [7, 11) is 0.